The molecule has 0 radical (unpaired) electrons. The lowest BCUT2D eigenvalue weighted by Gasteiger charge is -2.31. The van der Waals surface area contributed by atoms with E-state index in [9.17, 15) is 0 Å². The largest absolute Gasteiger partial charge is 0.330 e. The maximum atomic E-state index is 5.94. The zero-order chi connectivity index (χ0) is 14.7. The van der Waals surface area contributed by atoms with Crippen LogP contribution >= 0.6 is 15.9 Å². The first-order valence-corrected chi connectivity index (χ1v) is 8.55. The Morgan fingerprint density at radius 1 is 1.40 bits per heavy atom. The van der Waals surface area contributed by atoms with E-state index in [1.807, 2.05) is 11.7 Å². The molecule has 0 aromatic carbocycles. The third kappa shape index (κ3) is 3.10. The highest BCUT2D eigenvalue weighted by atomic mass is 79.9. The summed E-state index contributed by atoms with van der Waals surface area (Å²) in [5, 5.41) is 4.60. The topological polar surface area (TPSA) is 47.1 Å². The number of aromatic nitrogens is 2. The van der Waals surface area contributed by atoms with Gasteiger partial charge in [0.05, 0.1) is 15.9 Å². The third-order valence-electron chi connectivity index (χ3n) is 4.65. The number of nitrogens with two attached hydrogens (primary N) is 1. The molecule has 2 rings (SSSR count). The maximum absolute atomic E-state index is 5.94. The third-order valence-corrected chi connectivity index (χ3v) is 5.57. The van der Waals surface area contributed by atoms with Crippen molar-refractivity contribution in [3.05, 3.63) is 15.9 Å². The Labute approximate surface area is 130 Å². The van der Waals surface area contributed by atoms with E-state index < -0.39 is 0 Å². The quantitative estimate of drug-likeness (QED) is 0.864. The van der Waals surface area contributed by atoms with Gasteiger partial charge in [-0.3, -0.25) is 9.58 Å². The van der Waals surface area contributed by atoms with E-state index in [-0.39, 0.29) is 0 Å². The minimum Gasteiger partial charge on any atom is -0.330 e. The van der Waals surface area contributed by atoms with E-state index in [2.05, 4.69) is 39.8 Å². The summed E-state index contributed by atoms with van der Waals surface area (Å²) < 4.78 is 3.21. The molecule has 1 aliphatic rings. The Kier molecular flexibility index (Phi) is 5.64. The first-order valence-electron chi connectivity index (χ1n) is 7.76. The van der Waals surface area contributed by atoms with Crippen LogP contribution in [0.15, 0.2) is 4.47 Å². The zero-order valence-electron chi connectivity index (χ0n) is 12.9. The van der Waals surface area contributed by atoms with E-state index in [4.69, 9.17) is 5.73 Å². The van der Waals surface area contributed by atoms with Crippen molar-refractivity contribution < 1.29 is 0 Å². The van der Waals surface area contributed by atoms with Gasteiger partial charge in [-0.2, -0.15) is 5.10 Å². The van der Waals surface area contributed by atoms with Crippen LogP contribution in [-0.4, -0.2) is 33.8 Å². The Bertz CT molecular complexity index is 443. The van der Waals surface area contributed by atoms with Gasteiger partial charge in [-0.25, -0.2) is 0 Å². The van der Waals surface area contributed by atoms with Gasteiger partial charge in [0, 0.05) is 19.6 Å². The smallest absolute Gasteiger partial charge is 0.0767 e. The van der Waals surface area contributed by atoms with Gasteiger partial charge in [0.15, 0.2) is 0 Å². The van der Waals surface area contributed by atoms with Crippen LogP contribution in [0.5, 0.6) is 0 Å². The standard InChI is InChI=1S/C15H27BrN4/c1-4-12-15(16)14(19(3)18-12)10-20(5-2)13-8-6-7-11(13)9-17/h11,13H,4-10,17H2,1-3H3. The van der Waals surface area contributed by atoms with Gasteiger partial charge in [-0.15, -0.1) is 0 Å². The summed E-state index contributed by atoms with van der Waals surface area (Å²) in [5.41, 5.74) is 8.38. The fourth-order valence-corrected chi connectivity index (χ4v) is 4.16. The van der Waals surface area contributed by atoms with E-state index in [0.717, 1.165) is 31.7 Å². The summed E-state index contributed by atoms with van der Waals surface area (Å²) in [6, 6.07) is 0.636. The lowest BCUT2D eigenvalue weighted by atomic mass is 10.0. The summed E-state index contributed by atoms with van der Waals surface area (Å²) in [7, 11) is 2.04. The summed E-state index contributed by atoms with van der Waals surface area (Å²) in [5.74, 6) is 0.660. The summed E-state index contributed by atoms with van der Waals surface area (Å²) >= 11 is 3.73. The normalized spacial score (nSPS) is 22.9. The number of halogens is 1. The fraction of sp³-hybridized carbons (Fsp3) is 0.800. The highest BCUT2D eigenvalue weighted by molar-refractivity contribution is 9.10. The van der Waals surface area contributed by atoms with Crippen molar-refractivity contribution in [1.29, 1.82) is 0 Å². The average molecular weight is 343 g/mol. The van der Waals surface area contributed by atoms with Crippen LogP contribution in [0, 0.1) is 5.92 Å². The molecule has 1 saturated carbocycles. The molecule has 1 aromatic heterocycles. The molecule has 0 saturated heterocycles. The highest BCUT2D eigenvalue weighted by Gasteiger charge is 2.31. The van der Waals surface area contributed by atoms with Gasteiger partial charge in [0.2, 0.25) is 0 Å². The molecule has 2 N–H and O–H groups in total. The molecule has 4 nitrogen and oxygen atoms in total. The molecule has 114 valence electrons. The van der Waals surface area contributed by atoms with E-state index in [1.54, 1.807) is 0 Å². The van der Waals surface area contributed by atoms with E-state index in [0.29, 0.717) is 12.0 Å². The van der Waals surface area contributed by atoms with Crippen LogP contribution < -0.4 is 5.73 Å². The minimum absolute atomic E-state index is 0.636. The maximum Gasteiger partial charge on any atom is 0.0767 e. The molecule has 1 aliphatic carbocycles. The SMILES string of the molecule is CCc1nn(C)c(CN(CC)C2CCCC2CN)c1Br. The molecule has 2 atom stereocenters. The number of hydrogen-bond acceptors (Lipinski definition) is 3. The molecular weight excluding hydrogens is 316 g/mol. The second-order valence-corrected chi connectivity index (χ2v) is 6.53. The van der Waals surface area contributed by atoms with Gasteiger partial charge in [-0.1, -0.05) is 20.3 Å². The van der Waals surface area contributed by atoms with Crippen LogP contribution in [0.2, 0.25) is 0 Å². The second kappa shape index (κ2) is 7.05. The molecule has 1 heterocycles. The van der Waals surface area contributed by atoms with Crippen molar-refractivity contribution in [1.82, 2.24) is 14.7 Å². The van der Waals surface area contributed by atoms with Crippen LogP contribution in [0.4, 0.5) is 0 Å². The molecule has 5 heteroatoms. The molecule has 20 heavy (non-hydrogen) atoms. The average Bonchev–Trinajstić information content (AvgIpc) is 3.02. The summed E-state index contributed by atoms with van der Waals surface area (Å²) in [4.78, 5) is 2.58. The molecular formula is C15H27BrN4. The van der Waals surface area contributed by atoms with Crippen LogP contribution in [0.25, 0.3) is 0 Å². The van der Waals surface area contributed by atoms with Crippen LogP contribution in [0.3, 0.4) is 0 Å². The minimum atomic E-state index is 0.636. The number of aryl methyl sites for hydroxylation is 2. The molecule has 0 aliphatic heterocycles. The lowest BCUT2D eigenvalue weighted by Crippen LogP contribution is -2.40. The van der Waals surface area contributed by atoms with Gasteiger partial charge >= 0.3 is 0 Å². The Hall–Kier alpha value is -0.390. The second-order valence-electron chi connectivity index (χ2n) is 5.74. The van der Waals surface area contributed by atoms with Crippen molar-refractivity contribution in [2.45, 2.75) is 52.1 Å². The fourth-order valence-electron chi connectivity index (χ4n) is 3.42. The number of rotatable bonds is 6. The van der Waals surface area contributed by atoms with Crippen molar-refractivity contribution in [2.24, 2.45) is 18.7 Å². The predicted octanol–water partition coefficient (Wildman–Crippen LogP) is 2.69. The van der Waals surface area contributed by atoms with Gasteiger partial charge in [0.1, 0.15) is 0 Å². The van der Waals surface area contributed by atoms with Crippen molar-refractivity contribution >= 4 is 15.9 Å². The van der Waals surface area contributed by atoms with E-state index in [1.165, 1.54) is 29.4 Å². The molecule has 0 spiro atoms. The van der Waals surface area contributed by atoms with Crippen LogP contribution in [-0.2, 0) is 20.0 Å². The van der Waals surface area contributed by atoms with Crippen molar-refractivity contribution in [3.8, 4) is 0 Å². The summed E-state index contributed by atoms with van der Waals surface area (Å²) in [6.45, 7) is 7.24. The van der Waals surface area contributed by atoms with Crippen LogP contribution in [0.1, 0.15) is 44.5 Å². The first-order chi connectivity index (χ1) is 9.62. The number of nitrogens with zero attached hydrogens (tertiary/aromatic N) is 3. The molecule has 0 amide bonds. The lowest BCUT2D eigenvalue weighted by molar-refractivity contribution is 0.158. The zero-order valence-corrected chi connectivity index (χ0v) is 14.5. The Morgan fingerprint density at radius 2 is 2.15 bits per heavy atom. The van der Waals surface area contributed by atoms with E-state index >= 15 is 0 Å². The highest BCUT2D eigenvalue weighted by Crippen LogP contribution is 2.31. The van der Waals surface area contributed by atoms with Gasteiger partial charge in [-0.05, 0) is 54.2 Å². The molecule has 1 fully saturated rings. The Balaban J connectivity index is 2.16. The van der Waals surface area contributed by atoms with Gasteiger partial charge < -0.3 is 5.73 Å². The monoisotopic (exact) mass is 342 g/mol. The molecule has 1 aromatic rings. The summed E-state index contributed by atoms with van der Waals surface area (Å²) in [6.07, 6.45) is 4.85. The Morgan fingerprint density at radius 3 is 2.70 bits per heavy atom. The molecule has 0 bridgehead atoms. The van der Waals surface area contributed by atoms with Gasteiger partial charge in [0.25, 0.3) is 0 Å². The molecule has 2 unspecified atom stereocenters. The number of hydrogen-bond donors (Lipinski definition) is 1. The van der Waals surface area contributed by atoms with Crippen molar-refractivity contribution in [2.75, 3.05) is 13.1 Å². The predicted molar refractivity (Wildman–Crippen MR) is 86.6 cm³/mol. The van der Waals surface area contributed by atoms with Crippen molar-refractivity contribution in [3.63, 3.8) is 0 Å². The first kappa shape index (κ1) is 16.0.